The summed E-state index contributed by atoms with van der Waals surface area (Å²) in [7, 11) is 0. The molecule has 0 saturated carbocycles. The van der Waals surface area contributed by atoms with Crippen LogP contribution in [0.2, 0.25) is 0 Å². The second-order valence-electron chi connectivity index (χ2n) is 1.54. The van der Waals surface area contributed by atoms with Gasteiger partial charge in [-0.15, -0.1) is 0 Å². The van der Waals surface area contributed by atoms with E-state index in [1.807, 2.05) is 48.6 Å². The van der Waals surface area contributed by atoms with Crippen molar-refractivity contribution >= 4 is 23.1 Å². The monoisotopic (exact) mass is 128 g/mol. The quantitative estimate of drug-likeness (QED) is 0.437. The van der Waals surface area contributed by atoms with Crippen LogP contribution in [0.25, 0.3) is 0 Å². The van der Waals surface area contributed by atoms with Crippen molar-refractivity contribution in [3.05, 3.63) is 48.6 Å². The van der Waals surface area contributed by atoms with Gasteiger partial charge in [0.2, 0.25) is 0 Å². The summed E-state index contributed by atoms with van der Waals surface area (Å²) in [5.74, 6) is 0. The van der Waals surface area contributed by atoms with Crippen LogP contribution in [0.3, 0.4) is 0 Å². The molecule has 0 N–H and O–H groups in total. The molecule has 0 fully saturated rings. The zero-order valence-corrected chi connectivity index (χ0v) is 6.74. The zero-order valence-electron chi connectivity index (χ0n) is 5.33. The van der Waals surface area contributed by atoms with Crippen LogP contribution < -0.4 is 0 Å². The molecule has 1 heteroatoms. The third-order valence-corrected chi connectivity index (χ3v) is 0.889. The van der Waals surface area contributed by atoms with Gasteiger partial charge in [-0.2, -0.15) is 0 Å². The molecule has 0 aromatic rings. The summed E-state index contributed by atoms with van der Waals surface area (Å²) in [4.78, 5) is 0. The maximum Gasteiger partial charge on any atom is 2.00 e. The van der Waals surface area contributed by atoms with Gasteiger partial charge in [0, 0.05) is 0 Å². The van der Waals surface area contributed by atoms with Crippen molar-refractivity contribution in [3.8, 4) is 0 Å². The molecular formula is C8H8Mg+2. The van der Waals surface area contributed by atoms with Gasteiger partial charge < -0.3 is 0 Å². The Hall–Kier alpha value is -0.274. The second-order valence-corrected chi connectivity index (χ2v) is 1.54. The molecule has 0 unspecified atom stereocenters. The summed E-state index contributed by atoms with van der Waals surface area (Å²) in [6.07, 6.45) is 16.0. The maximum absolute atomic E-state index is 2.00. The van der Waals surface area contributed by atoms with Crippen LogP contribution in [0.5, 0.6) is 0 Å². The fourth-order valence-corrected chi connectivity index (χ4v) is 0.513. The van der Waals surface area contributed by atoms with Crippen molar-refractivity contribution < 1.29 is 0 Å². The van der Waals surface area contributed by atoms with Crippen molar-refractivity contribution in [2.45, 2.75) is 0 Å². The van der Waals surface area contributed by atoms with Gasteiger partial charge >= 0.3 is 23.1 Å². The van der Waals surface area contributed by atoms with Crippen molar-refractivity contribution in [2.75, 3.05) is 0 Å². The number of allylic oxidation sites excluding steroid dienone is 8. The molecule has 1 aliphatic rings. The Bertz CT molecular complexity index is 105. The van der Waals surface area contributed by atoms with Gasteiger partial charge in [0.15, 0.2) is 0 Å². The SMILES string of the molecule is C1=C\C=C/C=C\C=C/1.[Mg+2]. The molecule has 0 atom stereocenters. The molecule has 0 bridgehead atoms. The Balaban J connectivity index is 0.000000640. The van der Waals surface area contributed by atoms with Gasteiger partial charge in [0.25, 0.3) is 0 Å². The molecule has 40 valence electrons. The Kier molecular flexibility index (Phi) is 5.68. The van der Waals surface area contributed by atoms with Gasteiger partial charge in [0.05, 0.1) is 0 Å². The molecule has 0 spiro atoms. The first-order valence-electron chi connectivity index (χ1n) is 2.67. The van der Waals surface area contributed by atoms with Gasteiger partial charge in [-0.1, -0.05) is 48.6 Å². The van der Waals surface area contributed by atoms with E-state index in [-0.39, 0.29) is 23.1 Å². The number of hydrogen-bond acceptors (Lipinski definition) is 0. The largest absolute Gasteiger partial charge is 2.00 e. The van der Waals surface area contributed by atoms with E-state index in [1.54, 1.807) is 0 Å². The minimum Gasteiger partial charge on any atom is -0.0623 e. The smallest absolute Gasteiger partial charge is 0.0623 e. The Morgan fingerprint density at radius 1 is 0.333 bits per heavy atom. The topological polar surface area (TPSA) is 0 Å². The van der Waals surface area contributed by atoms with Crippen molar-refractivity contribution in [1.82, 2.24) is 0 Å². The predicted octanol–water partition coefficient (Wildman–Crippen LogP) is 1.84. The van der Waals surface area contributed by atoms with Gasteiger partial charge in [-0.05, 0) is 0 Å². The number of rotatable bonds is 0. The summed E-state index contributed by atoms with van der Waals surface area (Å²) in [6.45, 7) is 0. The minimum atomic E-state index is 0. The standard InChI is InChI=1S/C8H8.Mg/c1-2-4-6-8-7-5-3-1;/h1-8H;/q;+2/b2-1-,3-1?,4-2?,5-3-,6-4-,7-5?,8-6?,8-7-;. The van der Waals surface area contributed by atoms with Crippen LogP contribution in [0, 0.1) is 0 Å². The summed E-state index contributed by atoms with van der Waals surface area (Å²) < 4.78 is 0. The first-order chi connectivity index (χ1) is 4.00. The molecule has 0 aromatic carbocycles. The minimum absolute atomic E-state index is 0. The fourth-order valence-electron chi connectivity index (χ4n) is 0.513. The Morgan fingerprint density at radius 3 is 0.556 bits per heavy atom. The van der Waals surface area contributed by atoms with E-state index in [0.29, 0.717) is 0 Å². The molecule has 0 aliphatic heterocycles. The van der Waals surface area contributed by atoms with Crippen LogP contribution >= 0.6 is 0 Å². The summed E-state index contributed by atoms with van der Waals surface area (Å²) in [6, 6.07) is 0. The average Bonchev–Trinajstić information content (AvgIpc) is 1.62. The molecule has 0 nitrogen and oxygen atoms in total. The van der Waals surface area contributed by atoms with Crippen LogP contribution in [0.1, 0.15) is 0 Å². The Labute approximate surface area is 71.8 Å². The van der Waals surface area contributed by atoms with Crippen LogP contribution in [0.15, 0.2) is 48.6 Å². The summed E-state index contributed by atoms with van der Waals surface area (Å²) >= 11 is 0. The first-order valence-corrected chi connectivity index (χ1v) is 2.67. The molecule has 0 saturated heterocycles. The van der Waals surface area contributed by atoms with Gasteiger partial charge in [-0.25, -0.2) is 0 Å². The molecule has 1 rings (SSSR count). The summed E-state index contributed by atoms with van der Waals surface area (Å²) in [5, 5.41) is 0. The molecule has 0 radical (unpaired) electrons. The molecule has 9 heavy (non-hydrogen) atoms. The molecule has 0 aromatic heterocycles. The maximum atomic E-state index is 2.00. The normalized spacial score (nSPS) is 28.4. The molecular weight excluding hydrogens is 120 g/mol. The fraction of sp³-hybridized carbons (Fsp3) is 0. The second kappa shape index (κ2) is 5.86. The zero-order chi connectivity index (χ0) is 5.66. The number of hydrogen-bond donors (Lipinski definition) is 0. The van der Waals surface area contributed by atoms with Crippen LogP contribution in [-0.2, 0) is 0 Å². The van der Waals surface area contributed by atoms with Crippen LogP contribution in [0.4, 0.5) is 0 Å². The predicted molar refractivity (Wildman–Crippen MR) is 42.3 cm³/mol. The van der Waals surface area contributed by atoms with Crippen molar-refractivity contribution in [1.29, 1.82) is 0 Å². The molecule has 0 amide bonds. The van der Waals surface area contributed by atoms with E-state index in [4.69, 9.17) is 0 Å². The molecule has 1 aliphatic carbocycles. The third-order valence-electron chi connectivity index (χ3n) is 0.889. The van der Waals surface area contributed by atoms with Crippen molar-refractivity contribution in [2.24, 2.45) is 0 Å². The van der Waals surface area contributed by atoms with Gasteiger partial charge in [-0.3, -0.25) is 0 Å². The third kappa shape index (κ3) is 4.24. The van der Waals surface area contributed by atoms with E-state index in [0.717, 1.165) is 0 Å². The van der Waals surface area contributed by atoms with E-state index in [2.05, 4.69) is 0 Å². The molecule has 0 heterocycles. The van der Waals surface area contributed by atoms with Crippen molar-refractivity contribution in [3.63, 3.8) is 0 Å². The average molecular weight is 128 g/mol. The van der Waals surface area contributed by atoms with Gasteiger partial charge in [0.1, 0.15) is 0 Å². The van der Waals surface area contributed by atoms with E-state index >= 15 is 0 Å². The van der Waals surface area contributed by atoms with E-state index < -0.39 is 0 Å². The van der Waals surface area contributed by atoms with E-state index in [1.165, 1.54) is 0 Å². The Morgan fingerprint density at radius 2 is 0.444 bits per heavy atom. The van der Waals surface area contributed by atoms with Crippen LogP contribution in [-0.4, -0.2) is 23.1 Å². The first kappa shape index (κ1) is 8.73. The summed E-state index contributed by atoms with van der Waals surface area (Å²) in [5.41, 5.74) is 0. The van der Waals surface area contributed by atoms with E-state index in [9.17, 15) is 0 Å².